The highest BCUT2D eigenvalue weighted by Gasteiger charge is 2.09. The van der Waals surface area contributed by atoms with Crippen molar-refractivity contribution in [2.75, 3.05) is 7.11 Å². The summed E-state index contributed by atoms with van der Waals surface area (Å²) < 4.78 is 7.30. The van der Waals surface area contributed by atoms with Gasteiger partial charge in [0, 0.05) is 24.6 Å². The summed E-state index contributed by atoms with van der Waals surface area (Å²) in [6.45, 7) is 0.654. The third kappa shape index (κ3) is 1.49. The Morgan fingerprint density at radius 1 is 1.14 bits per heavy atom. The largest absolute Gasteiger partial charge is 0.374 e. The zero-order valence-electron chi connectivity index (χ0n) is 8.53. The van der Waals surface area contributed by atoms with Gasteiger partial charge in [0.25, 0.3) is 0 Å². The van der Waals surface area contributed by atoms with Crippen LogP contribution in [0.4, 0.5) is 0 Å². The summed E-state index contributed by atoms with van der Waals surface area (Å²) in [5, 5.41) is 1.26. The fourth-order valence-electron chi connectivity index (χ4n) is 1.68. The predicted octanol–water partition coefficient (Wildman–Crippen LogP) is 1.81. The van der Waals surface area contributed by atoms with Gasteiger partial charge in [0.15, 0.2) is 0 Å². The molecule has 0 fully saturated rings. The van der Waals surface area contributed by atoms with E-state index in [0.717, 1.165) is 0 Å². The van der Waals surface area contributed by atoms with E-state index in [0.29, 0.717) is 6.61 Å². The van der Waals surface area contributed by atoms with Gasteiger partial charge in [-0.15, -0.1) is 0 Å². The molecule has 0 aliphatic heterocycles. The minimum atomic E-state index is 0.654. The molecule has 1 aromatic heterocycles. The number of aryl methyl sites for hydroxylation is 1. The maximum absolute atomic E-state index is 5.14. The van der Waals surface area contributed by atoms with Crippen molar-refractivity contribution in [3.05, 3.63) is 42.1 Å². The number of ether oxygens (including phenoxy) is 1. The number of benzene rings is 1. The van der Waals surface area contributed by atoms with E-state index in [2.05, 4.69) is 48.0 Å². The summed E-state index contributed by atoms with van der Waals surface area (Å²) in [5.41, 5.74) is 2.42. The van der Waals surface area contributed by atoms with Crippen molar-refractivity contribution in [2.45, 2.75) is 6.61 Å². The molecule has 0 bridgehead atoms. The quantitative estimate of drug-likeness (QED) is 0.655. The van der Waals surface area contributed by atoms with E-state index >= 15 is 0 Å². The zero-order valence-corrected chi connectivity index (χ0v) is 8.53. The minimum absolute atomic E-state index is 0.654. The molecule has 0 saturated heterocycles. The van der Waals surface area contributed by atoms with Crippen LogP contribution in [0.5, 0.6) is 0 Å². The molecule has 2 aromatic rings. The number of hydrogen-bond donors (Lipinski definition) is 0. The molecule has 0 aliphatic rings. The third-order valence-electron chi connectivity index (χ3n) is 2.48. The normalized spacial score (nSPS) is 10.7. The Balaban J connectivity index is 2.63. The van der Waals surface area contributed by atoms with E-state index in [9.17, 15) is 0 Å². The van der Waals surface area contributed by atoms with Gasteiger partial charge in [0.1, 0.15) is 13.7 Å². The first-order valence-electron chi connectivity index (χ1n) is 4.68. The number of hydrogen-bond acceptors (Lipinski definition) is 1. The molecule has 0 radical (unpaired) electrons. The van der Waals surface area contributed by atoms with Crippen LogP contribution < -0.4 is 4.57 Å². The van der Waals surface area contributed by atoms with Crippen LogP contribution in [-0.2, 0) is 18.4 Å². The average molecular weight is 188 g/mol. The summed E-state index contributed by atoms with van der Waals surface area (Å²) >= 11 is 0. The van der Waals surface area contributed by atoms with Crippen LogP contribution in [0.15, 0.2) is 36.4 Å². The number of pyridine rings is 1. The first kappa shape index (κ1) is 9.16. The van der Waals surface area contributed by atoms with E-state index < -0.39 is 0 Å². The van der Waals surface area contributed by atoms with Crippen LogP contribution in [0, 0.1) is 0 Å². The molecule has 2 rings (SSSR count). The lowest BCUT2D eigenvalue weighted by atomic mass is 10.2. The van der Waals surface area contributed by atoms with Crippen LogP contribution in [0.2, 0.25) is 0 Å². The molecule has 0 N–H and O–H groups in total. The van der Waals surface area contributed by atoms with Crippen molar-refractivity contribution in [1.82, 2.24) is 0 Å². The second-order valence-electron chi connectivity index (χ2n) is 3.38. The third-order valence-corrected chi connectivity index (χ3v) is 2.48. The van der Waals surface area contributed by atoms with Gasteiger partial charge < -0.3 is 4.74 Å². The van der Waals surface area contributed by atoms with E-state index in [-0.39, 0.29) is 0 Å². The number of methoxy groups -OCH3 is 1. The lowest BCUT2D eigenvalue weighted by Crippen LogP contribution is -2.34. The number of fused-ring (bicyclic) bond motifs is 1. The summed E-state index contributed by atoms with van der Waals surface area (Å²) in [6, 6.07) is 12.6. The standard InChI is InChI=1S/C12H14NO/c1-13-11(9-14-2)8-7-10-5-3-4-6-12(10)13/h3-8H,9H2,1-2H3/q+1. The smallest absolute Gasteiger partial charge is 0.212 e. The van der Waals surface area contributed by atoms with E-state index in [4.69, 9.17) is 4.74 Å². The average Bonchev–Trinajstić information content (AvgIpc) is 2.23. The van der Waals surface area contributed by atoms with Crippen molar-refractivity contribution in [3.8, 4) is 0 Å². The highest BCUT2D eigenvalue weighted by atomic mass is 16.5. The first-order valence-corrected chi connectivity index (χ1v) is 4.68. The molecule has 0 spiro atoms. The molecule has 0 unspecified atom stereocenters. The second-order valence-corrected chi connectivity index (χ2v) is 3.38. The SMILES string of the molecule is COCc1ccc2ccccc2[n+]1C. The molecule has 0 aliphatic carbocycles. The second kappa shape index (κ2) is 3.76. The van der Waals surface area contributed by atoms with Gasteiger partial charge in [0.05, 0.1) is 0 Å². The van der Waals surface area contributed by atoms with Crippen LogP contribution in [0.25, 0.3) is 10.9 Å². The zero-order chi connectivity index (χ0) is 9.97. The van der Waals surface area contributed by atoms with Crippen LogP contribution in [0.3, 0.4) is 0 Å². The number of para-hydroxylation sites is 1. The highest BCUT2D eigenvalue weighted by molar-refractivity contribution is 5.75. The molecule has 1 aromatic carbocycles. The summed E-state index contributed by atoms with van der Waals surface area (Å²) in [7, 11) is 3.78. The summed E-state index contributed by atoms with van der Waals surface area (Å²) in [4.78, 5) is 0. The maximum Gasteiger partial charge on any atom is 0.212 e. The predicted molar refractivity (Wildman–Crippen MR) is 55.8 cm³/mol. The Morgan fingerprint density at radius 2 is 1.93 bits per heavy atom. The molecule has 14 heavy (non-hydrogen) atoms. The topological polar surface area (TPSA) is 13.1 Å². The summed E-state index contributed by atoms with van der Waals surface area (Å²) in [5.74, 6) is 0. The van der Waals surface area contributed by atoms with E-state index in [1.165, 1.54) is 16.6 Å². The van der Waals surface area contributed by atoms with Crippen molar-refractivity contribution in [2.24, 2.45) is 7.05 Å². The molecule has 0 atom stereocenters. The Hall–Kier alpha value is -1.41. The van der Waals surface area contributed by atoms with Gasteiger partial charge in [-0.3, -0.25) is 0 Å². The Labute approximate surface area is 83.8 Å². The van der Waals surface area contributed by atoms with Gasteiger partial charge in [-0.25, -0.2) is 0 Å². The molecule has 1 heterocycles. The van der Waals surface area contributed by atoms with Crippen LogP contribution >= 0.6 is 0 Å². The van der Waals surface area contributed by atoms with Crippen LogP contribution in [0.1, 0.15) is 5.69 Å². The molecule has 0 amide bonds. The lowest BCUT2D eigenvalue weighted by Gasteiger charge is -2.01. The van der Waals surface area contributed by atoms with Crippen molar-refractivity contribution in [3.63, 3.8) is 0 Å². The first-order chi connectivity index (χ1) is 6.83. The van der Waals surface area contributed by atoms with E-state index in [1.807, 2.05) is 0 Å². The molecule has 2 nitrogen and oxygen atoms in total. The number of rotatable bonds is 2. The number of aromatic nitrogens is 1. The van der Waals surface area contributed by atoms with Crippen molar-refractivity contribution < 1.29 is 9.30 Å². The Bertz CT molecular complexity index is 451. The summed E-state index contributed by atoms with van der Waals surface area (Å²) in [6.07, 6.45) is 0. The van der Waals surface area contributed by atoms with Gasteiger partial charge in [-0.1, -0.05) is 12.1 Å². The lowest BCUT2D eigenvalue weighted by molar-refractivity contribution is -0.655. The maximum atomic E-state index is 5.14. The number of nitrogens with zero attached hydrogens (tertiary/aromatic N) is 1. The van der Waals surface area contributed by atoms with Crippen molar-refractivity contribution in [1.29, 1.82) is 0 Å². The van der Waals surface area contributed by atoms with Gasteiger partial charge >= 0.3 is 0 Å². The van der Waals surface area contributed by atoms with E-state index in [1.54, 1.807) is 7.11 Å². The highest BCUT2D eigenvalue weighted by Crippen LogP contribution is 2.09. The van der Waals surface area contributed by atoms with Gasteiger partial charge in [-0.2, -0.15) is 4.57 Å². The Kier molecular flexibility index (Phi) is 2.46. The van der Waals surface area contributed by atoms with Gasteiger partial charge in [0.2, 0.25) is 11.2 Å². The molecular formula is C12H14NO+. The minimum Gasteiger partial charge on any atom is -0.374 e. The van der Waals surface area contributed by atoms with Gasteiger partial charge in [-0.05, 0) is 12.1 Å². The molecular weight excluding hydrogens is 174 g/mol. The fourth-order valence-corrected chi connectivity index (χ4v) is 1.68. The monoisotopic (exact) mass is 188 g/mol. The molecule has 72 valence electrons. The van der Waals surface area contributed by atoms with Crippen molar-refractivity contribution >= 4 is 10.9 Å². The fraction of sp³-hybridized carbons (Fsp3) is 0.250. The van der Waals surface area contributed by atoms with Crippen LogP contribution in [-0.4, -0.2) is 7.11 Å². The molecule has 0 saturated carbocycles. The Morgan fingerprint density at radius 3 is 2.71 bits per heavy atom. The molecule has 2 heteroatoms.